The number of nitrogens with zero attached hydrogens (tertiary/aromatic N) is 2. The number of pyridine rings is 1. The van der Waals surface area contributed by atoms with Crippen molar-refractivity contribution in [2.45, 2.75) is 0 Å². The summed E-state index contributed by atoms with van der Waals surface area (Å²) in [5.74, 6) is -0.278. The topological polar surface area (TPSA) is 80.9 Å². The molecule has 6 rings (SSSR count). The number of aromatic nitrogens is 2. The van der Waals surface area contributed by atoms with E-state index in [1.807, 2.05) is 91.0 Å². The number of thiazole rings is 1. The number of para-hydroxylation sites is 1. The molecule has 1 amide bonds. The lowest BCUT2D eigenvalue weighted by Gasteiger charge is -2.09. The van der Waals surface area contributed by atoms with Crippen molar-refractivity contribution in [1.29, 1.82) is 0 Å². The van der Waals surface area contributed by atoms with Crippen LogP contribution in [0.15, 0.2) is 91.0 Å². The standard InChI is InChI=1S/C27H18N4OS2/c28-23-22-18(16-9-3-1-4-10-16)15-20(17-11-5-2-6-12-17)29-26(22)34-24(23)25(32)31-27-30-19-13-7-8-14-21(19)33-27/h1-15H,28H2,(H,30,31,32). The Kier molecular flexibility index (Phi) is 5.05. The predicted molar refractivity (Wildman–Crippen MR) is 142 cm³/mol. The van der Waals surface area contributed by atoms with Gasteiger partial charge in [-0.1, -0.05) is 84.1 Å². The summed E-state index contributed by atoms with van der Waals surface area (Å²) in [5.41, 5.74) is 11.7. The molecule has 5 nitrogen and oxygen atoms in total. The molecule has 0 aliphatic heterocycles. The van der Waals surface area contributed by atoms with E-state index in [2.05, 4.69) is 10.3 Å². The molecule has 0 atom stereocenters. The van der Waals surface area contributed by atoms with Crippen LogP contribution in [0.5, 0.6) is 0 Å². The monoisotopic (exact) mass is 478 g/mol. The maximum absolute atomic E-state index is 13.2. The molecule has 3 aromatic heterocycles. The van der Waals surface area contributed by atoms with Gasteiger partial charge in [0.2, 0.25) is 0 Å². The first-order valence-electron chi connectivity index (χ1n) is 10.7. The van der Waals surface area contributed by atoms with Gasteiger partial charge in [0, 0.05) is 10.9 Å². The highest BCUT2D eigenvalue weighted by Crippen LogP contribution is 2.41. The number of amides is 1. The molecule has 0 aliphatic carbocycles. The largest absolute Gasteiger partial charge is 0.397 e. The Morgan fingerprint density at radius 1 is 0.794 bits per heavy atom. The SMILES string of the molecule is Nc1c(C(=O)Nc2nc3ccccc3s2)sc2nc(-c3ccccc3)cc(-c3ccccc3)c12. The molecule has 0 unspecified atom stereocenters. The minimum Gasteiger partial charge on any atom is -0.397 e. The van der Waals surface area contributed by atoms with Crippen LogP contribution in [0.1, 0.15) is 9.67 Å². The zero-order valence-corrected chi connectivity index (χ0v) is 19.5. The van der Waals surface area contributed by atoms with Crippen LogP contribution in [0, 0.1) is 0 Å². The third-order valence-electron chi connectivity index (χ3n) is 5.57. The van der Waals surface area contributed by atoms with Crippen LogP contribution in [-0.4, -0.2) is 15.9 Å². The molecule has 34 heavy (non-hydrogen) atoms. The molecule has 6 aromatic rings. The zero-order valence-electron chi connectivity index (χ0n) is 17.9. The maximum atomic E-state index is 13.2. The number of nitrogens with two attached hydrogens (primary N) is 1. The van der Waals surface area contributed by atoms with Crippen LogP contribution < -0.4 is 11.1 Å². The summed E-state index contributed by atoms with van der Waals surface area (Å²) < 4.78 is 1.02. The number of nitrogen functional groups attached to an aromatic ring is 1. The Labute approximate surface area is 203 Å². The third-order valence-corrected chi connectivity index (χ3v) is 7.62. The van der Waals surface area contributed by atoms with Crippen LogP contribution in [0.25, 0.3) is 42.8 Å². The average molecular weight is 479 g/mol. The summed E-state index contributed by atoms with van der Waals surface area (Å²) >= 11 is 2.74. The normalized spacial score (nSPS) is 11.2. The van der Waals surface area contributed by atoms with Crippen LogP contribution in [0.3, 0.4) is 0 Å². The third kappa shape index (κ3) is 3.61. The van der Waals surface area contributed by atoms with E-state index in [-0.39, 0.29) is 5.91 Å². The Balaban J connectivity index is 1.48. The summed E-state index contributed by atoms with van der Waals surface area (Å²) in [4.78, 5) is 23.8. The molecular weight excluding hydrogens is 460 g/mol. The summed E-state index contributed by atoms with van der Waals surface area (Å²) in [6.07, 6.45) is 0. The van der Waals surface area contributed by atoms with Crippen molar-refractivity contribution < 1.29 is 4.79 Å². The lowest BCUT2D eigenvalue weighted by Crippen LogP contribution is -2.11. The second kappa shape index (κ2) is 8.37. The number of benzene rings is 3. The molecule has 0 spiro atoms. The molecule has 0 saturated carbocycles. The number of fused-ring (bicyclic) bond motifs is 2. The van der Waals surface area contributed by atoms with Crippen molar-refractivity contribution in [1.82, 2.24) is 9.97 Å². The lowest BCUT2D eigenvalue weighted by atomic mass is 9.99. The van der Waals surface area contributed by atoms with Crippen molar-refractivity contribution >= 4 is 59.8 Å². The number of anilines is 2. The molecule has 3 heterocycles. The van der Waals surface area contributed by atoms with Crippen LogP contribution >= 0.6 is 22.7 Å². The van der Waals surface area contributed by atoms with Crippen LogP contribution in [-0.2, 0) is 0 Å². The van der Waals surface area contributed by atoms with Crippen molar-refractivity contribution in [3.05, 3.63) is 95.9 Å². The fraction of sp³-hybridized carbons (Fsp3) is 0. The maximum Gasteiger partial charge on any atom is 0.269 e. The molecule has 0 radical (unpaired) electrons. The van der Waals surface area contributed by atoms with E-state index in [0.717, 1.165) is 42.8 Å². The second-order valence-corrected chi connectivity index (χ2v) is 9.78. The Morgan fingerprint density at radius 2 is 1.47 bits per heavy atom. The summed E-state index contributed by atoms with van der Waals surface area (Å²) in [6, 6.07) is 29.9. The number of thiophene rings is 1. The molecule has 0 saturated heterocycles. The van der Waals surface area contributed by atoms with Gasteiger partial charge in [0.1, 0.15) is 9.71 Å². The molecule has 164 valence electrons. The van der Waals surface area contributed by atoms with Gasteiger partial charge < -0.3 is 5.73 Å². The van der Waals surface area contributed by atoms with E-state index in [9.17, 15) is 4.79 Å². The highest BCUT2D eigenvalue weighted by Gasteiger charge is 2.22. The highest BCUT2D eigenvalue weighted by atomic mass is 32.1. The summed E-state index contributed by atoms with van der Waals surface area (Å²) in [5, 5.41) is 4.27. The van der Waals surface area contributed by atoms with Crippen molar-refractivity contribution in [3.63, 3.8) is 0 Å². The van der Waals surface area contributed by atoms with Crippen molar-refractivity contribution in [2.24, 2.45) is 0 Å². The van der Waals surface area contributed by atoms with Gasteiger partial charge >= 0.3 is 0 Å². The van der Waals surface area contributed by atoms with Crippen molar-refractivity contribution in [3.8, 4) is 22.4 Å². The minimum atomic E-state index is -0.278. The van der Waals surface area contributed by atoms with Gasteiger partial charge in [-0.15, -0.1) is 11.3 Å². The van der Waals surface area contributed by atoms with E-state index in [0.29, 0.717) is 15.7 Å². The van der Waals surface area contributed by atoms with E-state index in [1.54, 1.807) is 0 Å². The molecule has 3 aromatic carbocycles. The number of nitrogens with one attached hydrogen (secondary N) is 1. The number of rotatable bonds is 4. The number of carbonyl (C=O) groups is 1. The lowest BCUT2D eigenvalue weighted by molar-refractivity contribution is 0.103. The quantitative estimate of drug-likeness (QED) is 0.284. The van der Waals surface area contributed by atoms with Gasteiger partial charge in [0.25, 0.3) is 5.91 Å². The van der Waals surface area contributed by atoms with E-state index < -0.39 is 0 Å². The summed E-state index contributed by atoms with van der Waals surface area (Å²) in [7, 11) is 0. The molecule has 0 fully saturated rings. The van der Waals surface area contributed by atoms with Crippen LogP contribution in [0.4, 0.5) is 10.8 Å². The first kappa shape index (κ1) is 20.5. The summed E-state index contributed by atoms with van der Waals surface area (Å²) in [6.45, 7) is 0. The predicted octanol–water partition coefficient (Wildman–Crippen LogP) is 7.07. The Morgan fingerprint density at radius 3 is 2.21 bits per heavy atom. The first-order chi connectivity index (χ1) is 16.7. The number of carbonyl (C=O) groups excluding carboxylic acids is 1. The Bertz CT molecular complexity index is 1620. The number of hydrogen-bond acceptors (Lipinski definition) is 6. The molecule has 3 N–H and O–H groups in total. The molecule has 7 heteroatoms. The molecular formula is C27H18N4OS2. The second-order valence-electron chi connectivity index (χ2n) is 7.75. The van der Waals surface area contributed by atoms with Gasteiger partial charge in [0.15, 0.2) is 5.13 Å². The Hall–Kier alpha value is -4.07. The average Bonchev–Trinajstić information content (AvgIpc) is 3.44. The van der Waals surface area contributed by atoms with Gasteiger partial charge in [-0.05, 0) is 29.3 Å². The van der Waals surface area contributed by atoms with E-state index >= 15 is 0 Å². The number of hydrogen-bond donors (Lipinski definition) is 2. The van der Waals surface area contributed by atoms with E-state index in [4.69, 9.17) is 10.7 Å². The smallest absolute Gasteiger partial charge is 0.269 e. The minimum absolute atomic E-state index is 0.278. The van der Waals surface area contributed by atoms with Gasteiger partial charge in [-0.25, -0.2) is 9.97 Å². The molecule has 0 bridgehead atoms. The highest BCUT2D eigenvalue weighted by molar-refractivity contribution is 7.23. The van der Waals surface area contributed by atoms with Crippen molar-refractivity contribution in [2.75, 3.05) is 11.1 Å². The van der Waals surface area contributed by atoms with Gasteiger partial charge in [0.05, 0.1) is 21.6 Å². The fourth-order valence-electron chi connectivity index (χ4n) is 3.97. The molecule has 0 aliphatic rings. The first-order valence-corrected chi connectivity index (χ1v) is 12.3. The van der Waals surface area contributed by atoms with E-state index in [1.165, 1.54) is 22.7 Å². The fourth-order valence-corrected chi connectivity index (χ4v) is 5.85. The van der Waals surface area contributed by atoms with Gasteiger partial charge in [-0.2, -0.15) is 0 Å². The zero-order chi connectivity index (χ0) is 23.1. The van der Waals surface area contributed by atoms with Gasteiger partial charge in [-0.3, -0.25) is 10.1 Å². The van der Waals surface area contributed by atoms with Crippen LogP contribution in [0.2, 0.25) is 0 Å².